The molecule has 0 amide bonds. The highest BCUT2D eigenvalue weighted by Crippen LogP contribution is 2.37. The molecule has 30 heavy (non-hydrogen) atoms. The van der Waals surface area contributed by atoms with Crippen molar-refractivity contribution >= 4 is 30.7 Å². The lowest BCUT2D eigenvalue weighted by Crippen LogP contribution is -2.43. The predicted molar refractivity (Wildman–Crippen MR) is 110 cm³/mol. The minimum Gasteiger partial charge on any atom is -0.436 e. The fourth-order valence-corrected chi connectivity index (χ4v) is 4.97. The number of nitrogens with zero attached hydrogens (tertiary/aromatic N) is 5. The van der Waals surface area contributed by atoms with Gasteiger partial charge in [-0.3, -0.25) is 9.47 Å². The molecule has 12 heteroatoms. The number of thiazole rings is 1. The molecule has 0 bridgehead atoms. The predicted octanol–water partition coefficient (Wildman–Crippen LogP) is 3.47. The summed E-state index contributed by atoms with van der Waals surface area (Å²) in [6, 6.07) is 3.74. The van der Waals surface area contributed by atoms with E-state index in [0.717, 1.165) is 16.6 Å². The first kappa shape index (κ1) is 20.7. The van der Waals surface area contributed by atoms with Gasteiger partial charge in [0.05, 0.1) is 12.2 Å². The second-order valence-electron chi connectivity index (χ2n) is 7.48. The van der Waals surface area contributed by atoms with E-state index in [1.54, 1.807) is 4.57 Å². The minimum absolute atomic E-state index is 0. The van der Waals surface area contributed by atoms with Gasteiger partial charge in [-0.05, 0) is 24.0 Å². The molecule has 8 nitrogen and oxygen atoms in total. The van der Waals surface area contributed by atoms with Crippen molar-refractivity contribution in [2.45, 2.75) is 32.2 Å². The van der Waals surface area contributed by atoms with Crippen LogP contribution in [0.4, 0.5) is 14.6 Å². The molecule has 158 valence electrons. The third kappa shape index (κ3) is 3.55. The first-order valence-corrected chi connectivity index (χ1v) is 9.68. The summed E-state index contributed by atoms with van der Waals surface area (Å²) < 4.78 is 34.7. The summed E-state index contributed by atoms with van der Waals surface area (Å²) in [5.74, 6) is -1.46. The fraction of sp³-hybridized carbons (Fsp3) is 0.333. The molecule has 0 saturated heterocycles. The van der Waals surface area contributed by atoms with E-state index < -0.39 is 22.2 Å². The van der Waals surface area contributed by atoms with Gasteiger partial charge >= 0.3 is 11.8 Å². The second-order valence-corrected chi connectivity index (χ2v) is 8.56. The maximum absolute atomic E-state index is 14.0. The number of rotatable bonds is 4. The summed E-state index contributed by atoms with van der Waals surface area (Å²) in [4.78, 5) is 21.9. The van der Waals surface area contributed by atoms with Gasteiger partial charge < -0.3 is 14.9 Å². The first-order chi connectivity index (χ1) is 13.8. The number of imidazole rings is 1. The number of hydrogen-bond donors (Lipinski definition) is 0. The monoisotopic (exact) mass is 453 g/mol. The van der Waals surface area contributed by atoms with Crippen molar-refractivity contribution in [3.63, 3.8) is 0 Å². The third-order valence-corrected chi connectivity index (χ3v) is 6.11. The van der Waals surface area contributed by atoms with Gasteiger partial charge in [0.25, 0.3) is 0 Å². The van der Waals surface area contributed by atoms with Crippen LogP contribution in [-0.2, 0) is 19.6 Å². The van der Waals surface area contributed by atoms with Crippen LogP contribution in [0.2, 0.25) is 0 Å². The average Bonchev–Trinajstić information content (AvgIpc) is 3.33. The summed E-state index contributed by atoms with van der Waals surface area (Å²) in [6.45, 7) is 4.24. The van der Waals surface area contributed by atoms with Gasteiger partial charge in [0, 0.05) is 41.1 Å². The molecule has 0 spiro atoms. The Hall–Kier alpha value is -2.57. The molecule has 0 N–H and O–H groups in total. The Morgan fingerprint density at radius 1 is 1.33 bits per heavy atom. The van der Waals surface area contributed by atoms with E-state index in [0.29, 0.717) is 36.8 Å². The maximum Gasteiger partial charge on any atom is 0.415 e. The van der Waals surface area contributed by atoms with Crippen LogP contribution in [0.5, 0.6) is 6.01 Å². The molecule has 0 fully saturated rings. The molecule has 2 aliphatic rings. The van der Waals surface area contributed by atoms with Crippen molar-refractivity contribution in [3.8, 4) is 16.6 Å². The Kier molecular flexibility index (Phi) is 5.03. The standard InChI is InChI=1S/C18H15F2N5O3S.H2S/c1-18(9-24-7-15(25(26)27)22-17(24)28-18)8-23-5-13-14(6-23)29-16(21-13)11-3-2-10(19)4-12(11)20;/h2-4,7H,5-6,8-9H2,1H3;1H2/t18-;/m0./s1. The van der Waals surface area contributed by atoms with Crippen molar-refractivity contribution < 1.29 is 18.4 Å². The van der Waals surface area contributed by atoms with Gasteiger partial charge in [-0.2, -0.15) is 13.5 Å². The zero-order valence-electron chi connectivity index (χ0n) is 15.8. The Morgan fingerprint density at radius 2 is 2.13 bits per heavy atom. The summed E-state index contributed by atoms with van der Waals surface area (Å²) >= 11 is 1.40. The summed E-state index contributed by atoms with van der Waals surface area (Å²) in [7, 11) is 0. The summed E-state index contributed by atoms with van der Waals surface area (Å²) in [6.07, 6.45) is 1.38. The van der Waals surface area contributed by atoms with E-state index in [1.165, 1.54) is 29.7 Å². The molecule has 3 aromatic rings. The van der Waals surface area contributed by atoms with Crippen LogP contribution in [0.15, 0.2) is 24.4 Å². The molecule has 0 saturated carbocycles. The van der Waals surface area contributed by atoms with Crippen LogP contribution in [-0.4, -0.2) is 36.5 Å². The van der Waals surface area contributed by atoms with E-state index in [2.05, 4.69) is 14.9 Å². The van der Waals surface area contributed by atoms with E-state index in [4.69, 9.17) is 4.74 Å². The lowest BCUT2D eigenvalue weighted by Gasteiger charge is -2.27. The van der Waals surface area contributed by atoms with Crippen LogP contribution in [0.1, 0.15) is 17.5 Å². The van der Waals surface area contributed by atoms with Gasteiger partial charge in [-0.15, -0.1) is 11.3 Å². The maximum atomic E-state index is 14.0. The highest BCUT2D eigenvalue weighted by Gasteiger charge is 2.42. The number of nitro groups is 1. The molecule has 0 aliphatic carbocycles. The number of hydrogen-bond acceptors (Lipinski definition) is 7. The fourth-order valence-electron chi connectivity index (χ4n) is 3.83. The van der Waals surface area contributed by atoms with Crippen molar-refractivity contribution in [1.82, 2.24) is 19.4 Å². The zero-order chi connectivity index (χ0) is 20.3. The van der Waals surface area contributed by atoms with E-state index in [1.807, 2.05) is 6.92 Å². The first-order valence-electron chi connectivity index (χ1n) is 8.87. The number of ether oxygens (including phenoxy) is 1. The Morgan fingerprint density at radius 3 is 2.80 bits per heavy atom. The molecule has 2 aromatic heterocycles. The van der Waals surface area contributed by atoms with E-state index in [-0.39, 0.29) is 25.3 Å². The summed E-state index contributed by atoms with van der Waals surface area (Å²) in [5, 5.41) is 11.4. The largest absolute Gasteiger partial charge is 0.436 e. The normalized spacial score (nSPS) is 19.8. The van der Waals surface area contributed by atoms with Crippen molar-refractivity contribution in [3.05, 3.63) is 56.7 Å². The van der Waals surface area contributed by atoms with Gasteiger partial charge in [0.2, 0.25) is 0 Å². The highest BCUT2D eigenvalue weighted by atomic mass is 32.1. The van der Waals surface area contributed by atoms with Gasteiger partial charge in [-0.25, -0.2) is 13.8 Å². The molecule has 2 aliphatic heterocycles. The second kappa shape index (κ2) is 7.29. The minimum atomic E-state index is -0.621. The quantitative estimate of drug-likeness (QED) is 0.444. The molecular weight excluding hydrogens is 436 g/mol. The number of halogens is 2. The number of aromatic nitrogens is 3. The molecule has 0 unspecified atom stereocenters. The van der Waals surface area contributed by atoms with Crippen LogP contribution in [0.25, 0.3) is 10.6 Å². The van der Waals surface area contributed by atoms with Crippen molar-refractivity contribution in [2.24, 2.45) is 0 Å². The Bertz CT molecular complexity index is 1100. The lowest BCUT2D eigenvalue weighted by atomic mass is 10.1. The lowest BCUT2D eigenvalue weighted by molar-refractivity contribution is -0.389. The van der Waals surface area contributed by atoms with Crippen molar-refractivity contribution in [2.75, 3.05) is 6.54 Å². The van der Waals surface area contributed by atoms with Gasteiger partial charge in [-0.1, -0.05) is 0 Å². The van der Waals surface area contributed by atoms with Crippen LogP contribution in [0, 0.1) is 21.7 Å². The number of benzene rings is 1. The molecule has 1 atom stereocenters. The highest BCUT2D eigenvalue weighted by molar-refractivity contribution is 7.59. The number of fused-ring (bicyclic) bond motifs is 2. The molecule has 1 aromatic carbocycles. The Balaban J connectivity index is 0.00000218. The molecule has 5 rings (SSSR count). The zero-order valence-corrected chi connectivity index (χ0v) is 17.6. The SMILES string of the molecule is C[C@]1(CN2Cc3nc(-c4ccc(F)cc4F)sc3C2)Cn2cc([N+](=O)[O-])nc2O1.S. The van der Waals surface area contributed by atoms with Crippen LogP contribution < -0.4 is 4.74 Å². The molecule has 0 radical (unpaired) electrons. The van der Waals surface area contributed by atoms with Gasteiger partial charge in [0.15, 0.2) is 0 Å². The van der Waals surface area contributed by atoms with Crippen LogP contribution in [0.3, 0.4) is 0 Å². The van der Waals surface area contributed by atoms with E-state index >= 15 is 0 Å². The smallest absolute Gasteiger partial charge is 0.415 e. The topological polar surface area (TPSA) is 86.3 Å². The molecular formula is C18H17F2N5O3S2. The van der Waals surface area contributed by atoms with Gasteiger partial charge in [0.1, 0.15) is 28.4 Å². The third-order valence-electron chi connectivity index (χ3n) is 5.00. The van der Waals surface area contributed by atoms with E-state index in [9.17, 15) is 18.9 Å². The Labute approximate surface area is 180 Å². The van der Waals surface area contributed by atoms with Crippen molar-refractivity contribution in [1.29, 1.82) is 0 Å². The van der Waals surface area contributed by atoms with Crippen LogP contribution >= 0.6 is 24.8 Å². The summed E-state index contributed by atoms with van der Waals surface area (Å²) in [5.41, 5.74) is 0.622. The average molecular weight is 453 g/mol. The molecule has 4 heterocycles.